The van der Waals surface area contributed by atoms with Crippen LogP contribution in [-0.4, -0.2) is 61.4 Å². The summed E-state index contributed by atoms with van der Waals surface area (Å²) in [7, 11) is -0.797. The van der Waals surface area contributed by atoms with Crippen molar-refractivity contribution in [3.8, 4) is 0 Å². The van der Waals surface area contributed by atoms with Gasteiger partial charge in [-0.05, 0) is 25.3 Å². The molecular weight excluding hydrogens is 382 g/mol. The lowest BCUT2D eigenvalue weighted by Gasteiger charge is -2.42. The van der Waals surface area contributed by atoms with E-state index in [0.29, 0.717) is 23.6 Å². The third kappa shape index (κ3) is 3.84. The number of hydrogen-bond donors (Lipinski definition) is 1. The summed E-state index contributed by atoms with van der Waals surface area (Å²) in [4.78, 5) is 26.5. The lowest BCUT2D eigenvalue weighted by molar-refractivity contribution is -0.153. The maximum atomic E-state index is 12.5. The molecule has 2 fully saturated rings. The van der Waals surface area contributed by atoms with Crippen molar-refractivity contribution in [3.63, 3.8) is 0 Å². The quantitative estimate of drug-likeness (QED) is 0.391. The zero-order chi connectivity index (χ0) is 18.1. The predicted molar refractivity (Wildman–Crippen MR) is 100 cm³/mol. The van der Waals surface area contributed by atoms with Crippen LogP contribution in [0.1, 0.15) is 19.8 Å². The van der Waals surface area contributed by atoms with E-state index in [0.717, 1.165) is 16.2 Å². The summed E-state index contributed by atoms with van der Waals surface area (Å²) in [5.41, 5.74) is 1.03. The van der Waals surface area contributed by atoms with Crippen molar-refractivity contribution in [2.45, 2.75) is 30.4 Å². The largest absolute Gasteiger partial charge is 0.456 e. The maximum absolute atomic E-state index is 12.5. The Bertz CT molecular complexity index is 662. The molecule has 3 aliphatic rings. The van der Waals surface area contributed by atoms with Crippen LogP contribution in [-0.2, 0) is 25.1 Å². The zero-order valence-corrected chi connectivity index (χ0v) is 16.4. The highest BCUT2D eigenvalue weighted by Crippen LogP contribution is 2.55. The Morgan fingerprint density at radius 1 is 1.56 bits per heavy atom. The molecule has 0 aliphatic carbocycles. The van der Waals surface area contributed by atoms with Gasteiger partial charge in [0.1, 0.15) is 6.61 Å². The lowest BCUT2D eigenvalue weighted by Crippen LogP contribution is -2.57. The van der Waals surface area contributed by atoms with Crippen molar-refractivity contribution < 1.29 is 23.6 Å². The predicted octanol–water partition coefficient (Wildman–Crippen LogP) is 1.44. The van der Waals surface area contributed by atoms with Crippen LogP contribution in [0.15, 0.2) is 22.1 Å². The van der Waals surface area contributed by atoms with E-state index in [4.69, 9.17) is 9.84 Å². The number of ether oxygens (including phenoxy) is 1. The normalized spacial score (nSPS) is 31.1. The maximum Gasteiger partial charge on any atom is 0.357 e. The third-order valence-electron chi connectivity index (χ3n) is 4.21. The zero-order valence-electron chi connectivity index (χ0n) is 13.9. The van der Waals surface area contributed by atoms with Crippen LogP contribution in [0.4, 0.5) is 0 Å². The Kier molecular flexibility index (Phi) is 5.97. The van der Waals surface area contributed by atoms with E-state index in [1.165, 1.54) is 28.4 Å². The minimum absolute atomic E-state index is 0.0547. The Morgan fingerprint density at radius 2 is 2.32 bits per heavy atom. The van der Waals surface area contributed by atoms with Gasteiger partial charge in [0, 0.05) is 34.2 Å². The first-order valence-electron chi connectivity index (χ1n) is 8.10. The topological polar surface area (TPSA) is 83.9 Å². The summed E-state index contributed by atoms with van der Waals surface area (Å²) in [5, 5.41) is 9.19. The van der Waals surface area contributed by atoms with Crippen molar-refractivity contribution in [2.75, 3.05) is 24.7 Å². The van der Waals surface area contributed by atoms with Crippen LogP contribution in [0.3, 0.4) is 0 Å². The number of esters is 1. The van der Waals surface area contributed by atoms with Crippen LogP contribution in [0, 0.1) is 5.92 Å². The van der Waals surface area contributed by atoms with Gasteiger partial charge in [-0.3, -0.25) is 13.9 Å². The summed E-state index contributed by atoms with van der Waals surface area (Å²) in [6, 6.07) is 0. The molecule has 3 heterocycles. The third-order valence-corrected chi connectivity index (χ3v) is 8.80. The van der Waals surface area contributed by atoms with E-state index >= 15 is 0 Å². The van der Waals surface area contributed by atoms with Crippen molar-refractivity contribution in [1.29, 1.82) is 0 Å². The van der Waals surface area contributed by atoms with E-state index in [1.54, 1.807) is 6.92 Å². The van der Waals surface area contributed by atoms with Gasteiger partial charge in [-0.2, -0.15) is 0 Å². The van der Waals surface area contributed by atoms with Gasteiger partial charge in [0.25, 0.3) is 0 Å². The lowest BCUT2D eigenvalue weighted by atomic mass is 9.94. The molecule has 0 bridgehead atoms. The fraction of sp³-hybridized carbons (Fsp3) is 0.625. The number of β-lactam (4-membered cyclic amide) rings is 1. The average Bonchev–Trinajstić information content (AvgIpc) is 3.12. The number of rotatable bonds is 7. The molecule has 0 radical (unpaired) electrons. The molecule has 9 heteroatoms. The van der Waals surface area contributed by atoms with Crippen LogP contribution in [0.2, 0.25) is 0 Å². The monoisotopic (exact) mass is 403 g/mol. The number of thioether (sulfide) groups is 2. The number of aliphatic hydroxyl groups excluding tert-OH is 1. The van der Waals surface area contributed by atoms with Gasteiger partial charge in [0.2, 0.25) is 5.91 Å². The highest BCUT2D eigenvalue weighted by molar-refractivity contribution is 8.23. The van der Waals surface area contributed by atoms with Crippen molar-refractivity contribution in [2.24, 2.45) is 5.92 Å². The molecule has 0 spiro atoms. The van der Waals surface area contributed by atoms with Crippen LogP contribution in [0.25, 0.3) is 0 Å². The number of carbonyl (C=O) groups excluding carboxylic acids is 2. The molecule has 0 aromatic heterocycles. The van der Waals surface area contributed by atoms with Gasteiger partial charge in [0.15, 0.2) is 5.70 Å². The van der Waals surface area contributed by atoms with Crippen LogP contribution in [0.5, 0.6) is 0 Å². The SMILES string of the molecule is C=C(C)COC(=O)C1=C(S[C@H]2CC[S@@](=O)C2)S[C@@H]2[C@@H](CCO)C(=O)N12. The molecule has 1 amide bonds. The number of aliphatic hydroxyl groups is 1. The Labute approximate surface area is 157 Å². The molecule has 4 atom stereocenters. The van der Waals surface area contributed by atoms with E-state index in [2.05, 4.69) is 6.58 Å². The summed E-state index contributed by atoms with van der Waals surface area (Å²) >= 11 is 3.01. The van der Waals surface area contributed by atoms with Crippen molar-refractivity contribution in [1.82, 2.24) is 4.90 Å². The Morgan fingerprint density at radius 3 is 2.92 bits per heavy atom. The fourth-order valence-corrected chi connectivity index (χ4v) is 8.14. The minimum Gasteiger partial charge on any atom is -0.456 e. The second-order valence-corrected chi connectivity index (χ2v) is 10.7. The Hall–Kier alpha value is -0.770. The summed E-state index contributed by atoms with van der Waals surface area (Å²) in [5.74, 6) is 0.371. The van der Waals surface area contributed by atoms with Gasteiger partial charge < -0.3 is 9.84 Å². The van der Waals surface area contributed by atoms with Crippen molar-refractivity contribution >= 4 is 46.2 Å². The second kappa shape index (κ2) is 7.85. The molecular formula is C16H21NO5S3. The fourth-order valence-electron chi connectivity index (χ4n) is 2.97. The van der Waals surface area contributed by atoms with Crippen molar-refractivity contribution in [3.05, 3.63) is 22.1 Å². The van der Waals surface area contributed by atoms with Crippen LogP contribution < -0.4 is 0 Å². The molecule has 3 rings (SSSR count). The number of amides is 1. The second-order valence-electron chi connectivity index (χ2n) is 6.34. The van der Waals surface area contributed by atoms with E-state index in [1.807, 2.05) is 0 Å². The molecule has 25 heavy (non-hydrogen) atoms. The molecule has 0 saturated carbocycles. The molecule has 138 valence electrons. The number of hydrogen-bond acceptors (Lipinski definition) is 7. The van der Waals surface area contributed by atoms with E-state index in [-0.39, 0.29) is 35.7 Å². The number of fused-ring (bicyclic) bond motifs is 1. The first kappa shape index (κ1) is 19.0. The summed E-state index contributed by atoms with van der Waals surface area (Å²) in [6.45, 7) is 5.55. The van der Waals surface area contributed by atoms with Gasteiger partial charge in [-0.15, -0.1) is 11.8 Å². The average molecular weight is 404 g/mol. The van der Waals surface area contributed by atoms with Crippen LogP contribution >= 0.6 is 23.5 Å². The number of carbonyl (C=O) groups is 2. The van der Waals surface area contributed by atoms with E-state index < -0.39 is 16.8 Å². The molecule has 0 aromatic rings. The molecule has 6 nitrogen and oxygen atoms in total. The first-order chi connectivity index (χ1) is 11.9. The van der Waals surface area contributed by atoms with E-state index in [9.17, 15) is 13.8 Å². The highest BCUT2D eigenvalue weighted by atomic mass is 32.2. The number of nitrogens with zero attached hydrogens (tertiary/aromatic N) is 1. The first-order valence-corrected chi connectivity index (χ1v) is 11.3. The molecule has 1 N–H and O–H groups in total. The summed E-state index contributed by atoms with van der Waals surface area (Å²) < 4.78 is 17.7. The highest BCUT2D eigenvalue weighted by Gasteiger charge is 2.56. The molecule has 2 saturated heterocycles. The van der Waals surface area contributed by atoms with Gasteiger partial charge in [-0.25, -0.2) is 4.79 Å². The Balaban J connectivity index is 1.79. The summed E-state index contributed by atoms with van der Waals surface area (Å²) in [6.07, 6.45) is 1.24. The molecule has 0 aromatic carbocycles. The molecule has 3 aliphatic heterocycles. The molecule has 0 unspecified atom stereocenters. The smallest absolute Gasteiger partial charge is 0.357 e. The van der Waals surface area contributed by atoms with Gasteiger partial charge in [-0.1, -0.05) is 18.3 Å². The minimum atomic E-state index is -0.797. The van der Waals surface area contributed by atoms with Gasteiger partial charge >= 0.3 is 5.97 Å². The standard InChI is InChI=1S/C16H21NO5S3/c1-9(2)7-22-15(20)12-16(23-10-4-6-25(21)8-10)24-14-11(3-5-18)13(19)17(12)14/h10-11,14,18H,1,3-8H2,2H3/t10-,11-,14+,25+/m0/s1. The van der Waals surface area contributed by atoms with Gasteiger partial charge in [0.05, 0.1) is 15.5 Å².